The minimum absolute atomic E-state index is 0.0620. The van der Waals surface area contributed by atoms with Crippen LogP contribution in [0.3, 0.4) is 0 Å². The first-order chi connectivity index (χ1) is 39.5. The van der Waals surface area contributed by atoms with Crippen LogP contribution in [-0.4, -0.2) is 142 Å². The van der Waals surface area contributed by atoms with Crippen LogP contribution < -0.4 is 10.1 Å². The summed E-state index contributed by atoms with van der Waals surface area (Å²) in [7, 11) is 4.64. The van der Waals surface area contributed by atoms with Crippen molar-refractivity contribution in [2.24, 2.45) is 35.5 Å². The van der Waals surface area contributed by atoms with Crippen LogP contribution in [0.5, 0.6) is 23.0 Å². The van der Waals surface area contributed by atoms with Gasteiger partial charge in [0.05, 0.1) is 36.1 Å². The van der Waals surface area contributed by atoms with Gasteiger partial charge in [-0.1, -0.05) is 44.6 Å². The van der Waals surface area contributed by atoms with Crippen molar-refractivity contribution in [1.29, 1.82) is 0 Å². The number of ether oxygens (including phenoxy) is 6. The molecule has 3 aromatic carbocycles. The van der Waals surface area contributed by atoms with Gasteiger partial charge in [-0.2, -0.15) is 0 Å². The quantitative estimate of drug-likeness (QED) is 0.0715. The minimum Gasteiger partial charge on any atom is -0.508 e. The second-order valence-corrected chi connectivity index (χ2v) is 24.3. The van der Waals surface area contributed by atoms with Gasteiger partial charge >= 0.3 is 11.9 Å². The number of phenolic OH excluding ortho intramolecular Hbond substituents is 2. The summed E-state index contributed by atoms with van der Waals surface area (Å²) in [5.41, 5.74) is -0.720. The van der Waals surface area contributed by atoms with Gasteiger partial charge in [-0.15, -0.1) is 0 Å². The first-order valence-corrected chi connectivity index (χ1v) is 29.1. The minimum atomic E-state index is -2.12. The molecule has 3 aromatic rings. The number of cyclic esters (lactones) is 1. The number of rotatable bonds is 8. The number of allylic oxidation sites excluding steroid dienone is 3. The molecule has 0 aromatic heterocycles. The van der Waals surface area contributed by atoms with Gasteiger partial charge in [0.15, 0.2) is 5.60 Å². The zero-order valence-corrected chi connectivity index (χ0v) is 48.6. The third kappa shape index (κ3) is 12.3. The zero-order valence-electron chi connectivity index (χ0n) is 48.6. The summed E-state index contributed by atoms with van der Waals surface area (Å²) in [6.07, 6.45) is 1.85. The van der Waals surface area contributed by atoms with Crippen molar-refractivity contribution in [3.8, 4) is 23.0 Å². The number of methoxy groups -OCH3 is 3. The van der Waals surface area contributed by atoms with E-state index >= 15 is 0 Å². The molecule has 3 fully saturated rings. The molecule has 9 rings (SSSR count). The smallest absolute Gasteiger partial charge is 0.340 e. The molecule has 14 atom stereocenters. The summed E-state index contributed by atoms with van der Waals surface area (Å²) in [4.78, 5) is 88.4. The van der Waals surface area contributed by atoms with Crippen molar-refractivity contribution in [1.82, 2.24) is 4.90 Å². The summed E-state index contributed by atoms with van der Waals surface area (Å²) < 4.78 is 36.4. The highest BCUT2D eigenvalue weighted by Crippen LogP contribution is 2.57. The van der Waals surface area contributed by atoms with Gasteiger partial charge in [0.2, 0.25) is 5.91 Å². The molecular formula is C64H80N2O17. The molecule has 83 heavy (non-hydrogen) atoms. The second-order valence-electron chi connectivity index (χ2n) is 24.3. The lowest BCUT2D eigenvalue weighted by Gasteiger charge is -2.47. The van der Waals surface area contributed by atoms with Crippen molar-refractivity contribution in [2.75, 3.05) is 33.2 Å². The Morgan fingerprint density at radius 2 is 1.45 bits per heavy atom. The lowest BCUT2D eigenvalue weighted by Crippen LogP contribution is -2.61. The van der Waals surface area contributed by atoms with Crippen LogP contribution in [0.1, 0.15) is 139 Å². The number of amides is 2. The molecule has 19 heteroatoms. The standard InChI is InChI=1S/C64H80N2O17/c1-33-21-34(2)23-52(78-6)44-32-63(77,36(4)25-53(44)79-7)59(73)60(74)66-20-10-9-11-48(66)62(76)82-58(35(3)24-38-12-19-49(69)56(26-38)80-8)37(5)50(70)31-51(71)39(22-33)27-57(72)65-40-13-16-45-43(28-40)61(75)83-64(45)46-17-14-41(67)29-54(46)81-55-30-42(68)15-18-47(55)64/h13-18,22,24,28-30,34,36-39,44,48-50,52-53,56,58,67-70,77H,9-12,19-21,23,25-27,31-32H2,1-8H3,(H,65,72)/b33-22+,35-24+/t34-,36+,37+,38-,39-,44+,48-,49+,50-,52-,53-,56+,58+,63-/m0/s1. The third-order valence-corrected chi connectivity index (χ3v) is 18.6. The number of Topliss-reactive ketones (excluding diaryl/α,β-unsaturated/α-hetero) is 2. The molecule has 0 radical (unpaired) electrons. The Hall–Kier alpha value is -6.48. The van der Waals surface area contributed by atoms with Gasteiger partial charge < -0.3 is 64.2 Å². The number of phenols is 2. The van der Waals surface area contributed by atoms with E-state index in [4.69, 9.17) is 28.4 Å². The average molecular weight is 1150 g/mol. The number of nitrogens with one attached hydrogen (secondary N) is 1. The number of anilines is 1. The van der Waals surface area contributed by atoms with Gasteiger partial charge in [0.1, 0.15) is 46.5 Å². The number of carbonyl (C=O) groups is 6. The Kier molecular flexibility index (Phi) is 18.4. The van der Waals surface area contributed by atoms with Crippen molar-refractivity contribution in [3.63, 3.8) is 0 Å². The average Bonchev–Trinajstić information content (AvgIpc) is 1.83. The molecule has 2 aliphatic carbocycles. The van der Waals surface area contributed by atoms with Crippen LogP contribution >= 0.6 is 0 Å². The number of piperidine rings is 1. The predicted molar refractivity (Wildman–Crippen MR) is 302 cm³/mol. The lowest BCUT2D eigenvalue weighted by atomic mass is 9.65. The first kappa shape index (κ1) is 61.1. The normalized spacial score (nSPS) is 33.2. The number of benzene rings is 3. The van der Waals surface area contributed by atoms with Crippen molar-refractivity contribution in [3.05, 3.63) is 100 Å². The number of hydrogen-bond acceptors (Lipinski definition) is 17. The van der Waals surface area contributed by atoms with E-state index in [2.05, 4.69) is 5.32 Å². The van der Waals surface area contributed by atoms with E-state index in [1.807, 2.05) is 19.9 Å². The number of aliphatic hydroxyl groups is 3. The Morgan fingerprint density at radius 3 is 2.11 bits per heavy atom. The molecule has 1 spiro atoms. The van der Waals surface area contributed by atoms with E-state index in [-0.39, 0.29) is 78.3 Å². The van der Waals surface area contributed by atoms with E-state index in [0.29, 0.717) is 67.2 Å². The maximum absolute atomic E-state index is 14.9. The van der Waals surface area contributed by atoms with Crippen molar-refractivity contribution >= 4 is 41.0 Å². The molecule has 19 nitrogen and oxygen atoms in total. The highest BCUT2D eigenvalue weighted by atomic mass is 16.6. The Bertz CT molecular complexity index is 2990. The zero-order chi connectivity index (χ0) is 59.8. The predicted octanol–water partition coefficient (Wildman–Crippen LogP) is 7.73. The van der Waals surface area contributed by atoms with Gasteiger partial charge in [-0.25, -0.2) is 9.59 Å². The Balaban J connectivity index is 1.04. The molecule has 6 aliphatic rings. The molecule has 4 heterocycles. The molecule has 2 amide bonds. The van der Waals surface area contributed by atoms with Gasteiger partial charge in [0.25, 0.3) is 11.7 Å². The number of esters is 2. The number of aliphatic hydroxyl groups excluding tert-OH is 2. The number of ketones is 2. The van der Waals surface area contributed by atoms with Crippen LogP contribution in [0.2, 0.25) is 0 Å². The summed E-state index contributed by atoms with van der Waals surface area (Å²) in [6, 6.07) is 12.4. The van der Waals surface area contributed by atoms with Crippen LogP contribution in [0.4, 0.5) is 5.69 Å². The monoisotopic (exact) mass is 1150 g/mol. The maximum atomic E-state index is 14.9. The van der Waals surface area contributed by atoms with E-state index in [9.17, 15) is 54.3 Å². The van der Waals surface area contributed by atoms with Crippen LogP contribution in [0.25, 0.3) is 0 Å². The molecule has 4 aliphatic heterocycles. The van der Waals surface area contributed by atoms with Crippen LogP contribution in [0, 0.1) is 35.5 Å². The molecule has 2 saturated carbocycles. The number of aromatic hydroxyl groups is 2. The SMILES string of the molecule is CO[C@H]1C[C@@H](C)C/C(C)=C/[C@@H](CC(=O)Nc2ccc3c(c2)C(=O)OC32c3ccc(O)cc3Oc3cc(O)ccc32)C(=O)C[C@H](O)[C@@H](C)[C@@H](/C(C)=C/[C@@H]2CC[C@@H](O)[C@H](OC)C2)OC(=O)[C@@H]2CCCCN2C(=O)C(=O)[C@]2(O)C[C@H]1[C@@H](OC)C[C@H]2C. The number of hydrogen-bond donors (Lipinski definition) is 6. The first-order valence-electron chi connectivity index (χ1n) is 29.1. The lowest BCUT2D eigenvalue weighted by molar-refractivity contribution is -0.178. The fraction of sp³-hybridized carbons (Fsp3) is 0.562. The van der Waals surface area contributed by atoms with Crippen LogP contribution in [-0.2, 0) is 53.3 Å². The van der Waals surface area contributed by atoms with E-state index < -0.39 is 119 Å². The van der Waals surface area contributed by atoms with Gasteiger partial charge in [-0.05, 0) is 138 Å². The number of nitrogens with zero attached hydrogens (tertiary/aromatic N) is 1. The topological polar surface area (TPSA) is 274 Å². The highest BCUT2D eigenvalue weighted by molar-refractivity contribution is 6.39. The molecule has 1 saturated heterocycles. The van der Waals surface area contributed by atoms with E-state index in [0.717, 1.165) is 5.57 Å². The molecule has 0 unspecified atom stereocenters. The summed E-state index contributed by atoms with van der Waals surface area (Å²) >= 11 is 0. The van der Waals surface area contributed by atoms with Crippen LogP contribution in [0.15, 0.2) is 77.9 Å². The summed E-state index contributed by atoms with van der Waals surface area (Å²) in [5.74, 6) is -7.85. The molecule has 448 valence electrons. The maximum Gasteiger partial charge on any atom is 0.340 e. The Morgan fingerprint density at radius 1 is 0.795 bits per heavy atom. The molecule has 2 bridgehead atoms. The Labute approximate surface area is 484 Å². The fourth-order valence-electron chi connectivity index (χ4n) is 14.0. The number of fused-ring (bicyclic) bond motifs is 9. The highest BCUT2D eigenvalue weighted by Gasteiger charge is 2.56. The van der Waals surface area contributed by atoms with Crippen molar-refractivity contribution < 1.29 is 82.7 Å². The molecule has 6 N–H and O–H groups in total. The van der Waals surface area contributed by atoms with Gasteiger partial charge in [-0.3, -0.25) is 19.2 Å². The summed E-state index contributed by atoms with van der Waals surface area (Å²) in [6.45, 7) is 9.05. The largest absolute Gasteiger partial charge is 0.508 e. The van der Waals surface area contributed by atoms with Gasteiger partial charge in [0, 0.05) is 93.0 Å². The van der Waals surface area contributed by atoms with E-state index in [1.165, 1.54) is 42.3 Å². The summed E-state index contributed by atoms with van der Waals surface area (Å²) in [5, 5.41) is 59.0. The third-order valence-electron chi connectivity index (χ3n) is 18.6. The number of carbonyl (C=O) groups excluding carboxylic acids is 6. The van der Waals surface area contributed by atoms with Crippen molar-refractivity contribution in [2.45, 2.75) is 166 Å². The van der Waals surface area contributed by atoms with E-state index in [1.54, 1.807) is 65.3 Å². The second kappa shape index (κ2) is 25.0. The molecular weight excluding hydrogens is 1070 g/mol. The fourth-order valence-corrected chi connectivity index (χ4v) is 14.0.